The molecule has 0 spiro atoms. The lowest BCUT2D eigenvalue weighted by Crippen LogP contribution is -2.63. The van der Waals surface area contributed by atoms with Gasteiger partial charge in [-0.15, -0.1) is 0 Å². The van der Waals surface area contributed by atoms with Gasteiger partial charge >= 0.3 is 6.03 Å². The maximum absolute atomic E-state index is 12.6. The largest absolute Gasteiger partial charge is 0.331 e. The van der Waals surface area contributed by atoms with E-state index in [0.29, 0.717) is 22.4 Å². The molecule has 0 aliphatic carbocycles. The number of para-hydroxylation sites is 1. The predicted molar refractivity (Wildman–Crippen MR) is 121 cm³/mol. The third kappa shape index (κ3) is 4.52. The van der Waals surface area contributed by atoms with Crippen molar-refractivity contribution in [3.63, 3.8) is 0 Å². The maximum atomic E-state index is 12.6. The van der Waals surface area contributed by atoms with Gasteiger partial charge in [-0.25, -0.2) is 9.79 Å². The van der Waals surface area contributed by atoms with E-state index in [-0.39, 0.29) is 11.7 Å². The minimum absolute atomic E-state index is 0.103. The number of rotatable bonds is 5. The van der Waals surface area contributed by atoms with Gasteiger partial charge < -0.3 is 15.1 Å². The number of imide groups is 1. The molecule has 8 nitrogen and oxygen atoms in total. The summed E-state index contributed by atoms with van der Waals surface area (Å²) in [5.41, 5.74) is 1.52. The molecule has 4 rings (SSSR count). The molecule has 2 heterocycles. The van der Waals surface area contributed by atoms with Crippen molar-refractivity contribution in [2.75, 3.05) is 18.1 Å². The fourth-order valence-electron chi connectivity index (χ4n) is 3.45. The number of thioether (sulfide) groups is 1. The van der Waals surface area contributed by atoms with Crippen molar-refractivity contribution in [2.45, 2.75) is 18.8 Å². The van der Waals surface area contributed by atoms with Crippen molar-refractivity contribution in [1.82, 2.24) is 15.1 Å². The molecule has 0 bridgehead atoms. The molecule has 0 saturated carbocycles. The number of carbonyl (C=O) groups excluding carboxylic acids is 3. The number of amidine groups is 1. The molecule has 2 unspecified atom stereocenters. The summed E-state index contributed by atoms with van der Waals surface area (Å²) in [4.78, 5) is 44.9. The van der Waals surface area contributed by atoms with Crippen LogP contribution in [0.3, 0.4) is 0 Å². The summed E-state index contributed by atoms with van der Waals surface area (Å²) in [6.07, 6.45) is -0.663. The van der Waals surface area contributed by atoms with Crippen LogP contribution in [0.25, 0.3) is 0 Å². The number of urea groups is 1. The Kier molecular flexibility index (Phi) is 6.15. The number of likely N-dealkylation sites (N-methyl/N-ethyl adjacent to an activating group) is 1. The fourth-order valence-corrected chi connectivity index (χ4v) is 4.50. The lowest BCUT2D eigenvalue weighted by molar-refractivity contribution is -0.127. The van der Waals surface area contributed by atoms with Crippen LogP contribution >= 0.6 is 23.4 Å². The highest BCUT2D eigenvalue weighted by Gasteiger charge is 2.48. The van der Waals surface area contributed by atoms with Gasteiger partial charge in [0.05, 0.1) is 5.75 Å². The minimum atomic E-state index is -0.696. The Balaban J connectivity index is 1.54. The highest BCUT2D eigenvalue weighted by Crippen LogP contribution is 2.31. The molecule has 2 aliphatic heterocycles. The lowest BCUT2D eigenvalue weighted by atomic mass is 10.1. The van der Waals surface area contributed by atoms with Crippen LogP contribution in [0.5, 0.6) is 0 Å². The first kappa shape index (κ1) is 21.2. The number of halogens is 1. The first-order valence-corrected chi connectivity index (χ1v) is 10.9. The monoisotopic (exact) mass is 457 g/mol. The number of benzene rings is 2. The van der Waals surface area contributed by atoms with Crippen LogP contribution in [0.15, 0.2) is 59.6 Å². The Bertz CT molecular complexity index is 1050. The molecule has 1 fully saturated rings. The SMILES string of the molecule is CN1C(=O)NC(=O)C2C1N=C(SCC(=O)Nc1ccccc1)N2Cc1ccccc1Cl. The topological polar surface area (TPSA) is 94.1 Å². The Morgan fingerprint density at radius 2 is 1.87 bits per heavy atom. The van der Waals surface area contributed by atoms with Crippen molar-refractivity contribution in [2.24, 2.45) is 4.99 Å². The smallest absolute Gasteiger partial charge is 0.325 e. The van der Waals surface area contributed by atoms with E-state index in [4.69, 9.17) is 11.6 Å². The van der Waals surface area contributed by atoms with E-state index in [2.05, 4.69) is 15.6 Å². The molecule has 2 atom stereocenters. The molecule has 2 aromatic carbocycles. The van der Waals surface area contributed by atoms with Crippen LogP contribution < -0.4 is 10.6 Å². The summed E-state index contributed by atoms with van der Waals surface area (Å²) >= 11 is 7.55. The number of carbonyl (C=O) groups is 3. The molecule has 1 saturated heterocycles. The summed E-state index contributed by atoms with van der Waals surface area (Å²) in [5, 5.41) is 6.27. The van der Waals surface area contributed by atoms with Crippen LogP contribution in [0, 0.1) is 0 Å². The molecule has 0 radical (unpaired) electrons. The Morgan fingerprint density at radius 3 is 2.61 bits per heavy atom. The van der Waals surface area contributed by atoms with Gasteiger partial charge in [0.15, 0.2) is 17.4 Å². The van der Waals surface area contributed by atoms with E-state index in [0.717, 1.165) is 5.56 Å². The molecule has 2 aliphatic rings. The number of anilines is 1. The first-order valence-electron chi connectivity index (χ1n) is 9.57. The van der Waals surface area contributed by atoms with Gasteiger partial charge in [-0.1, -0.05) is 59.8 Å². The number of aliphatic imine (C=N–C) groups is 1. The third-order valence-electron chi connectivity index (χ3n) is 5.01. The average Bonchev–Trinajstić information content (AvgIpc) is 3.12. The second kappa shape index (κ2) is 8.99. The van der Waals surface area contributed by atoms with Gasteiger partial charge in [-0.2, -0.15) is 0 Å². The minimum Gasteiger partial charge on any atom is -0.331 e. The Labute approximate surface area is 188 Å². The Hall–Kier alpha value is -3.04. The van der Waals surface area contributed by atoms with Crippen LogP contribution in [0.2, 0.25) is 5.02 Å². The van der Waals surface area contributed by atoms with Crippen LogP contribution in [-0.2, 0) is 16.1 Å². The van der Waals surface area contributed by atoms with E-state index >= 15 is 0 Å². The van der Waals surface area contributed by atoms with E-state index < -0.39 is 24.1 Å². The van der Waals surface area contributed by atoms with Gasteiger partial charge in [-0.3, -0.25) is 14.9 Å². The normalized spacial score (nSPS) is 20.3. The van der Waals surface area contributed by atoms with Crippen LogP contribution in [-0.4, -0.2) is 57.8 Å². The number of amides is 4. The first-order chi connectivity index (χ1) is 14.9. The number of hydrogen-bond acceptors (Lipinski definition) is 6. The molecule has 2 N–H and O–H groups in total. The fraction of sp³-hybridized carbons (Fsp3) is 0.238. The van der Waals surface area contributed by atoms with E-state index in [1.807, 2.05) is 36.4 Å². The van der Waals surface area contributed by atoms with Crippen LogP contribution in [0.4, 0.5) is 10.5 Å². The standard InChI is InChI=1S/C21H20ClN5O3S/c1-26-18-17(19(29)25-20(26)30)27(11-13-7-5-6-10-15(13)22)21(24-18)31-12-16(28)23-14-8-3-2-4-9-14/h2-10,17-18H,11-12H2,1H3,(H,23,28)(H,25,29,30). The van der Waals surface area contributed by atoms with Crippen molar-refractivity contribution in [1.29, 1.82) is 0 Å². The van der Waals surface area contributed by atoms with E-state index in [9.17, 15) is 14.4 Å². The summed E-state index contributed by atoms with van der Waals surface area (Å²) in [6, 6.07) is 15.3. The van der Waals surface area contributed by atoms with Crippen molar-refractivity contribution >= 4 is 52.1 Å². The summed E-state index contributed by atoms with van der Waals surface area (Å²) in [5.74, 6) is -0.514. The summed E-state index contributed by atoms with van der Waals surface area (Å²) < 4.78 is 0. The molecular weight excluding hydrogens is 438 g/mol. The van der Waals surface area contributed by atoms with E-state index in [1.165, 1.54) is 16.7 Å². The Morgan fingerprint density at radius 1 is 1.16 bits per heavy atom. The van der Waals surface area contributed by atoms with Gasteiger partial charge in [0.2, 0.25) is 5.91 Å². The number of nitrogens with one attached hydrogen (secondary N) is 2. The van der Waals surface area contributed by atoms with Gasteiger partial charge in [0.25, 0.3) is 5.91 Å². The third-order valence-corrected chi connectivity index (χ3v) is 6.38. The zero-order valence-corrected chi connectivity index (χ0v) is 18.2. The highest BCUT2D eigenvalue weighted by atomic mass is 35.5. The summed E-state index contributed by atoms with van der Waals surface area (Å²) in [7, 11) is 1.59. The second-order valence-electron chi connectivity index (χ2n) is 7.10. The number of hydrogen-bond donors (Lipinski definition) is 2. The van der Waals surface area contributed by atoms with Crippen LogP contribution in [0.1, 0.15) is 5.56 Å². The molecular formula is C21H20ClN5O3S. The molecule has 160 valence electrons. The summed E-state index contributed by atoms with van der Waals surface area (Å²) in [6.45, 7) is 0.322. The lowest BCUT2D eigenvalue weighted by Gasteiger charge is -2.36. The second-order valence-corrected chi connectivity index (χ2v) is 8.45. The number of nitrogens with zero attached hydrogens (tertiary/aromatic N) is 3. The van der Waals surface area contributed by atoms with Gasteiger partial charge in [-0.05, 0) is 23.8 Å². The molecule has 2 aromatic rings. The zero-order chi connectivity index (χ0) is 22.0. The quantitative estimate of drug-likeness (QED) is 0.720. The molecule has 0 aromatic heterocycles. The highest BCUT2D eigenvalue weighted by molar-refractivity contribution is 8.14. The zero-order valence-electron chi connectivity index (χ0n) is 16.6. The van der Waals surface area contributed by atoms with Crippen molar-refractivity contribution < 1.29 is 14.4 Å². The molecule has 10 heteroatoms. The van der Waals surface area contributed by atoms with Crippen molar-refractivity contribution in [3.05, 3.63) is 65.2 Å². The molecule has 4 amide bonds. The molecule has 31 heavy (non-hydrogen) atoms. The van der Waals surface area contributed by atoms with Crippen molar-refractivity contribution in [3.8, 4) is 0 Å². The van der Waals surface area contributed by atoms with Gasteiger partial charge in [0.1, 0.15) is 0 Å². The van der Waals surface area contributed by atoms with Gasteiger partial charge in [0, 0.05) is 24.3 Å². The maximum Gasteiger partial charge on any atom is 0.325 e. The van der Waals surface area contributed by atoms with E-state index in [1.54, 1.807) is 30.1 Å². The average molecular weight is 458 g/mol. The number of fused-ring (bicyclic) bond motifs is 1. The predicted octanol–water partition coefficient (Wildman–Crippen LogP) is 2.76.